The molecule has 2 rings (SSSR count). The minimum absolute atomic E-state index is 0.0361. The molecule has 96 valence electrons. The van der Waals surface area contributed by atoms with Gasteiger partial charge in [-0.05, 0) is 37.3 Å². The molecule has 0 atom stereocenters. The standard InChI is InChI=1S/C14H17NO3/c1-2-17-14-6-5-12(8-11(14)10-16)15-9-13-4-3-7-18-13/h3-8,15-16H,2,9-10H2,1H3. The van der Waals surface area contributed by atoms with Gasteiger partial charge in [0.05, 0.1) is 26.0 Å². The van der Waals surface area contributed by atoms with Crippen molar-refractivity contribution in [3.63, 3.8) is 0 Å². The number of aliphatic hydroxyl groups excluding tert-OH is 1. The molecule has 18 heavy (non-hydrogen) atoms. The van der Waals surface area contributed by atoms with Gasteiger partial charge in [0.15, 0.2) is 0 Å². The summed E-state index contributed by atoms with van der Waals surface area (Å²) in [6.45, 7) is 3.09. The summed E-state index contributed by atoms with van der Waals surface area (Å²) in [5.74, 6) is 1.60. The quantitative estimate of drug-likeness (QED) is 0.824. The fourth-order valence-corrected chi connectivity index (χ4v) is 1.71. The van der Waals surface area contributed by atoms with Gasteiger partial charge in [-0.3, -0.25) is 0 Å². The lowest BCUT2D eigenvalue weighted by molar-refractivity contribution is 0.267. The lowest BCUT2D eigenvalue weighted by Gasteiger charge is -2.11. The molecule has 2 aromatic rings. The topological polar surface area (TPSA) is 54.6 Å². The third-order valence-corrected chi connectivity index (χ3v) is 2.58. The highest BCUT2D eigenvalue weighted by Gasteiger charge is 2.04. The Bertz CT molecular complexity index is 480. The number of nitrogens with one attached hydrogen (secondary N) is 1. The van der Waals surface area contributed by atoms with Crippen LogP contribution in [-0.4, -0.2) is 11.7 Å². The molecule has 4 nitrogen and oxygen atoms in total. The molecule has 0 bridgehead atoms. The second-order valence-corrected chi connectivity index (χ2v) is 3.85. The molecule has 0 aliphatic carbocycles. The van der Waals surface area contributed by atoms with E-state index >= 15 is 0 Å². The van der Waals surface area contributed by atoms with E-state index < -0.39 is 0 Å². The maximum Gasteiger partial charge on any atom is 0.124 e. The Labute approximate surface area is 106 Å². The summed E-state index contributed by atoms with van der Waals surface area (Å²) < 4.78 is 10.7. The normalized spacial score (nSPS) is 10.3. The average molecular weight is 247 g/mol. The van der Waals surface area contributed by atoms with Gasteiger partial charge in [0.2, 0.25) is 0 Å². The highest BCUT2D eigenvalue weighted by Crippen LogP contribution is 2.23. The first-order valence-corrected chi connectivity index (χ1v) is 5.96. The van der Waals surface area contributed by atoms with Crippen LogP contribution in [0.1, 0.15) is 18.2 Å². The van der Waals surface area contributed by atoms with Gasteiger partial charge in [-0.25, -0.2) is 0 Å². The van der Waals surface area contributed by atoms with Gasteiger partial charge in [0.25, 0.3) is 0 Å². The van der Waals surface area contributed by atoms with Gasteiger partial charge in [0.1, 0.15) is 11.5 Å². The van der Waals surface area contributed by atoms with Gasteiger partial charge in [-0.15, -0.1) is 0 Å². The second kappa shape index (κ2) is 6.12. The van der Waals surface area contributed by atoms with Crippen molar-refractivity contribution in [2.24, 2.45) is 0 Å². The van der Waals surface area contributed by atoms with E-state index in [1.807, 2.05) is 37.3 Å². The zero-order chi connectivity index (χ0) is 12.8. The summed E-state index contributed by atoms with van der Waals surface area (Å²) in [6, 6.07) is 9.43. The zero-order valence-electron chi connectivity index (χ0n) is 10.3. The molecule has 0 amide bonds. The van der Waals surface area contributed by atoms with Gasteiger partial charge in [0, 0.05) is 11.3 Å². The van der Waals surface area contributed by atoms with Crippen molar-refractivity contribution >= 4 is 5.69 Å². The molecule has 1 heterocycles. The Morgan fingerprint density at radius 1 is 1.33 bits per heavy atom. The van der Waals surface area contributed by atoms with Crippen LogP contribution in [0, 0.1) is 0 Å². The third kappa shape index (κ3) is 3.05. The molecule has 1 aromatic heterocycles. The summed E-state index contributed by atoms with van der Waals surface area (Å²) in [5.41, 5.74) is 1.71. The maximum absolute atomic E-state index is 9.30. The summed E-state index contributed by atoms with van der Waals surface area (Å²) in [4.78, 5) is 0. The average Bonchev–Trinajstić information content (AvgIpc) is 2.91. The molecule has 0 aliphatic heterocycles. The Balaban J connectivity index is 2.05. The molecule has 2 N–H and O–H groups in total. The van der Waals surface area contributed by atoms with Crippen molar-refractivity contribution in [3.8, 4) is 5.75 Å². The van der Waals surface area contributed by atoms with Gasteiger partial charge in [-0.1, -0.05) is 0 Å². The van der Waals surface area contributed by atoms with Crippen LogP contribution in [0.25, 0.3) is 0 Å². The Kier molecular flexibility index (Phi) is 4.25. The summed E-state index contributed by atoms with van der Waals surface area (Å²) in [5, 5.41) is 12.5. The van der Waals surface area contributed by atoms with Crippen LogP contribution in [-0.2, 0) is 13.2 Å². The molecular formula is C14H17NO3. The molecule has 0 saturated heterocycles. The van der Waals surface area contributed by atoms with Crippen LogP contribution in [0.4, 0.5) is 5.69 Å². The highest BCUT2D eigenvalue weighted by atomic mass is 16.5. The lowest BCUT2D eigenvalue weighted by Crippen LogP contribution is -2.01. The number of hydrogen-bond donors (Lipinski definition) is 2. The first kappa shape index (κ1) is 12.5. The number of anilines is 1. The van der Waals surface area contributed by atoms with Crippen molar-refractivity contribution in [3.05, 3.63) is 47.9 Å². The van der Waals surface area contributed by atoms with E-state index in [0.717, 1.165) is 22.8 Å². The molecule has 1 aromatic carbocycles. The molecule has 0 saturated carbocycles. The van der Waals surface area contributed by atoms with Crippen molar-refractivity contribution < 1.29 is 14.3 Å². The Morgan fingerprint density at radius 2 is 2.22 bits per heavy atom. The SMILES string of the molecule is CCOc1ccc(NCc2ccco2)cc1CO. The molecule has 4 heteroatoms. The van der Waals surface area contributed by atoms with E-state index in [0.29, 0.717) is 13.2 Å². The van der Waals surface area contributed by atoms with Crippen molar-refractivity contribution in [1.82, 2.24) is 0 Å². The molecule has 0 aliphatic rings. The number of hydrogen-bond acceptors (Lipinski definition) is 4. The minimum Gasteiger partial charge on any atom is -0.494 e. The molecule has 0 spiro atoms. The van der Waals surface area contributed by atoms with E-state index in [9.17, 15) is 5.11 Å². The van der Waals surface area contributed by atoms with Crippen LogP contribution in [0.3, 0.4) is 0 Å². The monoisotopic (exact) mass is 247 g/mol. The fourth-order valence-electron chi connectivity index (χ4n) is 1.71. The van der Waals surface area contributed by atoms with Crippen LogP contribution in [0.2, 0.25) is 0 Å². The van der Waals surface area contributed by atoms with E-state index in [1.54, 1.807) is 6.26 Å². The van der Waals surface area contributed by atoms with Crippen LogP contribution >= 0.6 is 0 Å². The minimum atomic E-state index is -0.0361. The second-order valence-electron chi connectivity index (χ2n) is 3.85. The van der Waals surface area contributed by atoms with Crippen LogP contribution in [0.5, 0.6) is 5.75 Å². The molecule has 0 fully saturated rings. The summed E-state index contributed by atoms with van der Waals surface area (Å²) in [7, 11) is 0. The predicted octanol–water partition coefficient (Wildman–Crippen LogP) is 2.78. The van der Waals surface area contributed by atoms with Crippen molar-refractivity contribution in [2.45, 2.75) is 20.1 Å². The predicted molar refractivity (Wildman–Crippen MR) is 69.6 cm³/mol. The maximum atomic E-state index is 9.30. The van der Waals surface area contributed by atoms with E-state index in [4.69, 9.17) is 9.15 Å². The number of aliphatic hydroxyl groups is 1. The molecule has 0 unspecified atom stereocenters. The van der Waals surface area contributed by atoms with Gasteiger partial charge < -0.3 is 19.6 Å². The largest absolute Gasteiger partial charge is 0.494 e. The first-order valence-electron chi connectivity index (χ1n) is 5.96. The fraction of sp³-hybridized carbons (Fsp3) is 0.286. The zero-order valence-corrected chi connectivity index (χ0v) is 10.3. The summed E-state index contributed by atoms with van der Waals surface area (Å²) in [6.07, 6.45) is 1.65. The molecule has 0 radical (unpaired) electrons. The van der Waals surface area contributed by atoms with Crippen LogP contribution < -0.4 is 10.1 Å². The van der Waals surface area contributed by atoms with Gasteiger partial charge >= 0.3 is 0 Å². The number of furan rings is 1. The van der Waals surface area contributed by atoms with E-state index in [-0.39, 0.29) is 6.61 Å². The smallest absolute Gasteiger partial charge is 0.124 e. The third-order valence-electron chi connectivity index (χ3n) is 2.58. The van der Waals surface area contributed by atoms with E-state index in [2.05, 4.69) is 5.32 Å². The van der Waals surface area contributed by atoms with E-state index in [1.165, 1.54) is 0 Å². The first-order chi connectivity index (χ1) is 8.83. The number of ether oxygens (including phenoxy) is 1. The van der Waals surface area contributed by atoms with Crippen molar-refractivity contribution in [2.75, 3.05) is 11.9 Å². The Hall–Kier alpha value is -1.94. The lowest BCUT2D eigenvalue weighted by atomic mass is 10.2. The number of benzene rings is 1. The number of rotatable bonds is 6. The summed E-state index contributed by atoms with van der Waals surface area (Å²) >= 11 is 0. The highest BCUT2D eigenvalue weighted by molar-refractivity contribution is 5.51. The molecular weight excluding hydrogens is 230 g/mol. The Morgan fingerprint density at radius 3 is 2.89 bits per heavy atom. The van der Waals surface area contributed by atoms with Gasteiger partial charge in [-0.2, -0.15) is 0 Å². The van der Waals surface area contributed by atoms with Crippen molar-refractivity contribution in [1.29, 1.82) is 0 Å². The van der Waals surface area contributed by atoms with Crippen LogP contribution in [0.15, 0.2) is 41.0 Å².